The van der Waals surface area contributed by atoms with Crippen molar-refractivity contribution in [3.63, 3.8) is 0 Å². The van der Waals surface area contributed by atoms with Crippen molar-refractivity contribution in [1.82, 2.24) is 30.0 Å². The molecule has 144 valence electrons. The maximum atomic E-state index is 12.6. The average molecular weight is 378 g/mol. The van der Waals surface area contributed by atoms with Crippen molar-refractivity contribution in [2.24, 2.45) is 0 Å². The zero-order valence-corrected chi connectivity index (χ0v) is 15.6. The molecular formula is C20H22N6O2. The van der Waals surface area contributed by atoms with E-state index in [1.165, 1.54) is 0 Å². The van der Waals surface area contributed by atoms with E-state index in [0.29, 0.717) is 36.9 Å². The molecule has 28 heavy (non-hydrogen) atoms. The number of aryl methyl sites for hydroxylation is 1. The molecule has 0 radical (unpaired) electrons. The molecule has 0 aliphatic carbocycles. The molecule has 3 aromatic rings. The molecule has 1 unspecified atom stereocenters. The molecule has 8 nitrogen and oxygen atoms in total. The lowest BCUT2D eigenvalue weighted by molar-refractivity contribution is -0.132. The standard InChI is InChI=1S/C20H22N6O2/c27-19(26-11-3-5-16(13-26)17-8-10-22-14-23-17)7-1-6-18-24-20(25-28-18)15-4-2-9-21-12-15/h2,4,8-10,12,14,16H,1,3,5-7,11,13H2. The van der Waals surface area contributed by atoms with Crippen LogP contribution < -0.4 is 0 Å². The Bertz CT molecular complexity index is 899. The first-order chi connectivity index (χ1) is 13.8. The van der Waals surface area contributed by atoms with E-state index >= 15 is 0 Å². The van der Waals surface area contributed by atoms with Crippen molar-refractivity contribution >= 4 is 5.91 Å². The summed E-state index contributed by atoms with van der Waals surface area (Å²) in [7, 11) is 0. The van der Waals surface area contributed by atoms with Gasteiger partial charge in [-0.3, -0.25) is 9.78 Å². The van der Waals surface area contributed by atoms with Gasteiger partial charge in [-0.2, -0.15) is 4.98 Å². The maximum Gasteiger partial charge on any atom is 0.226 e. The van der Waals surface area contributed by atoms with Crippen molar-refractivity contribution in [1.29, 1.82) is 0 Å². The van der Waals surface area contributed by atoms with Crippen molar-refractivity contribution in [3.05, 3.63) is 54.7 Å². The van der Waals surface area contributed by atoms with E-state index in [1.54, 1.807) is 24.9 Å². The Hall–Kier alpha value is -3.16. The Labute approximate surface area is 163 Å². The van der Waals surface area contributed by atoms with Crippen molar-refractivity contribution < 1.29 is 9.32 Å². The smallest absolute Gasteiger partial charge is 0.226 e. The van der Waals surface area contributed by atoms with E-state index in [4.69, 9.17) is 4.52 Å². The van der Waals surface area contributed by atoms with Crippen LogP contribution in [-0.4, -0.2) is 49.0 Å². The van der Waals surface area contributed by atoms with Crippen LogP contribution in [0, 0.1) is 0 Å². The zero-order chi connectivity index (χ0) is 19.2. The van der Waals surface area contributed by atoms with Gasteiger partial charge in [-0.1, -0.05) is 5.16 Å². The predicted molar refractivity (Wildman–Crippen MR) is 101 cm³/mol. The van der Waals surface area contributed by atoms with Gasteiger partial charge in [-0.05, 0) is 37.5 Å². The average Bonchev–Trinajstić information content (AvgIpc) is 3.24. The normalized spacial score (nSPS) is 16.9. The van der Waals surface area contributed by atoms with E-state index < -0.39 is 0 Å². The minimum Gasteiger partial charge on any atom is -0.342 e. The fourth-order valence-corrected chi connectivity index (χ4v) is 3.51. The highest BCUT2D eigenvalue weighted by Gasteiger charge is 2.25. The SMILES string of the molecule is O=C(CCCc1nc(-c2cccnc2)no1)N1CCCC(c2ccncn2)C1. The molecule has 0 aromatic carbocycles. The van der Waals surface area contributed by atoms with E-state index in [0.717, 1.165) is 37.2 Å². The van der Waals surface area contributed by atoms with Crippen LogP contribution in [0.1, 0.15) is 43.2 Å². The summed E-state index contributed by atoms with van der Waals surface area (Å²) in [5.74, 6) is 1.53. The zero-order valence-electron chi connectivity index (χ0n) is 15.6. The van der Waals surface area contributed by atoms with E-state index in [-0.39, 0.29) is 5.91 Å². The quantitative estimate of drug-likeness (QED) is 0.650. The number of aromatic nitrogens is 5. The lowest BCUT2D eigenvalue weighted by Crippen LogP contribution is -2.39. The second-order valence-electron chi connectivity index (χ2n) is 6.92. The van der Waals surface area contributed by atoms with Crippen LogP contribution in [-0.2, 0) is 11.2 Å². The van der Waals surface area contributed by atoms with Gasteiger partial charge in [0.05, 0.1) is 0 Å². The Morgan fingerprint density at radius 3 is 3.04 bits per heavy atom. The van der Waals surface area contributed by atoms with Gasteiger partial charge in [-0.15, -0.1) is 0 Å². The Morgan fingerprint density at radius 2 is 2.21 bits per heavy atom. The second kappa shape index (κ2) is 8.69. The van der Waals surface area contributed by atoms with E-state index in [2.05, 4.69) is 25.1 Å². The van der Waals surface area contributed by atoms with E-state index in [9.17, 15) is 4.79 Å². The Kier molecular flexibility index (Phi) is 5.65. The third-order valence-corrected chi connectivity index (χ3v) is 4.97. The van der Waals surface area contributed by atoms with Gasteiger partial charge in [0.1, 0.15) is 6.33 Å². The molecule has 1 saturated heterocycles. The summed E-state index contributed by atoms with van der Waals surface area (Å²) in [6.45, 7) is 1.54. The summed E-state index contributed by atoms with van der Waals surface area (Å²) < 4.78 is 5.29. The Morgan fingerprint density at radius 1 is 1.25 bits per heavy atom. The molecule has 8 heteroatoms. The first-order valence-electron chi connectivity index (χ1n) is 9.56. The summed E-state index contributed by atoms with van der Waals surface area (Å²) >= 11 is 0. The van der Waals surface area contributed by atoms with Crippen molar-refractivity contribution in [2.45, 2.75) is 38.0 Å². The largest absolute Gasteiger partial charge is 0.342 e. The Balaban J connectivity index is 1.27. The van der Waals surface area contributed by atoms with Crippen LogP contribution >= 0.6 is 0 Å². The molecule has 0 spiro atoms. The van der Waals surface area contributed by atoms with Gasteiger partial charge in [0.25, 0.3) is 0 Å². The fraction of sp³-hybridized carbons (Fsp3) is 0.400. The molecule has 0 bridgehead atoms. The van der Waals surface area contributed by atoms with Gasteiger partial charge >= 0.3 is 0 Å². The number of amides is 1. The number of carbonyl (C=O) groups is 1. The molecule has 4 rings (SSSR count). The van der Waals surface area contributed by atoms with Gasteiger partial charge in [0, 0.05) is 61.7 Å². The first kappa shape index (κ1) is 18.2. The monoisotopic (exact) mass is 378 g/mol. The second-order valence-corrected chi connectivity index (χ2v) is 6.92. The minimum absolute atomic E-state index is 0.172. The van der Waals surface area contributed by atoms with Gasteiger partial charge in [0.2, 0.25) is 17.6 Å². The lowest BCUT2D eigenvalue weighted by Gasteiger charge is -2.32. The van der Waals surface area contributed by atoms with Gasteiger partial charge in [0.15, 0.2) is 0 Å². The molecule has 3 aromatic heterocycles. The van der Waals surface area contributed by atoms with Crippen molar-refractivity contribution in [2.75, 3.05) is 13.1 Å². The number of nitrogens with zero attached hydrogens (tertiary/aromatic N) is 6. The molecule has 1 fully saturated rings. The highest BCUT2D eigenvalue weighted by Crippen LogP contribution is 2.25. The number of piperidine rings is 1. The van der Waals surface area contributed by atoms with E-state index in [1.807, 2.05) is 23.1 Å². The highest BCUT2D eigenvalue weighted by atomic mass is 16.5. The molecular weight excluding hydrogens is 356 g/mol. The van der Waals surface area contributed by atoms with Crippen LogP contribution in [0.25, 0.3) is 11.4 Å². The van der Waals surface area contributed by atoms with Crippen molar-refractivity contribution in [3.8, 4) is 11.4 Å². The number of pyridine rings is 1. The van der Waals surface area contributed by atoms with Gasteiger partial charge in [-0.25, -0.2) is 9.97 Å². The summed E-state index contributed by atoms with van der Waals surface area (Å²) in [5, 5.41) is 3.98. The number of hydrogen-bond donors (Lipinski definition) is 0. The molecule has 1 aliphatic heterocycles. The highest BCUT2D eigenvalue weighted by molar-refractivity contribution is 5.76. The predicted octanol–water partition coefficient (Wildman–Crippen LogP) is 2.65. The number of hydrogen-bond acceptors (Lipinski definition) is 7. The molecule has 1 aliphatic rings. The topological polar surface area (TPSA) is 97.9 Å². The van der Waals surface area contributed by atoms with Crippen LogP contribution in [0.5, 0.6) is 0 Å². The minimum atomic E-state index is 0.172. The van der Waals surface area contributed by atoms with Crippen LogP contribution in [0.4, 0.5) is 0 Å². The molecule has 0 N–H and O–H groups in total. The maximum absolute atomic E-state index is 12.6. The van der Waals surface area contributed by atoms with Crippen LogP contribution in [0.3, 0.4) is 0 Å². The summed E-state index contributed by atoms with van der Waals surface area (Å²) in [6.07, 6.45) is 10.5. The number of rotatable bonds is 6. The molecule has 1 amide bonds. The lowest BCUT2D eigenvalue weighted by atomic mass is 9.94. The van der Waals surface area contributed by atoms with Gasteiger partial charge < -0.3 is 9.42 Å². The summed E-state index contributed by atoms with van der Waals surface area (Å²) in [6, 6.07) is 5.65. The number of carbonyl (C=O) groups excluding carboxylic acids is 1. The third kappa shape index (κ3) is 4.39. The third-order valence-electron chi connectivity index (χ3n) is 4.97. The molecule has 4 heterocycles. The number of likely N-dealkylation sites (tertiary alicyclic amines) is 1. The summed E-state index contributed by atoms with van der Waals surface area (Å²) in [5.41, 5.74) is 1.83. The molecule has 0 saturated carbocycles. The van der Waals surface area contributed by atoms with Crippen LogP contribution in [0.2, 0.25) is 0 Å². The first-order valence-corrected chi connectivity index (χ1v) is 9.56. The molecule has 1 atom stereocenters. The summed E-state index contributed by atoms with van der Waals surface area (Å²) in [4.78, 5) is 31.3. The van der Waals surface area contributed by atoms with Crippen LogP contribution in [0.15, 0.2) is 47.6 Å². The fourth-order valence-electron chi connectivity index (χ4n) is 3.51.